The van der Waals surface area contributed by atoms with Gasteiger partial charge in [0.2, 0.25) is 0 Å². The molecule has 2 aromatic rings. The molecule has 1 N–H and O–H groups in total. The summed E-state index contributed by atoms with van der Waals surface area (Å²) >= 11 is 0. The summed E-state index contributed by atoms with van der Waals surface area (Å²) in [5.41, 5.74) is -1.50. The highest BCUT2D eigenvalue weighted by molar-refractivity contribution is 5.87. The molecule has 0 fully saturated rings. The van der Waals surface area contributed by atoms with Gasteiger partial charge in [0, 0.05) is 18.3 Å². The van der Waals surface area contributed by atoms with Crippen molar-refractivity contribution in [3.63, 3.8) is 0 Å². The average Bonchev–Trinajstić information content (AvgIpc) is 2.75. The van der Waals surface area contributed by atoms with E-state index in [1.54, 1.807) is 0 Å². The molecule has 2 amide bonds. The van der Waals surface area contributed by atoms with Gasteiger partial charge < -0.3 is 19.7 Å². The van der Waals surface area contributed by atoms with E-state index in [2.05, 4.69) is 15.3 Å². The molecular weight excluding hydrogens is 435 g/mol. The van der Waals surface area contributed by atoms with Crippen LogP contribution in [0, 0.1) is 10.1 Å². The van der Waals surface area contributed by atoms with Crippen LogP contribution in [0.15, 0.2) is 30.0 Å². The molecule has 0 saturated heterocycles. The van der Waals surface area contributed by atoms with Crippen molar-refractivity contribution in [2.75, 3.05) is 21.3 Å². The second-order valence-corrected chi connectivity index (χ2v) is 6.70. The van der Waals surface area contributed by atoms with Gasteiger partial charge in [-0.3, -0.25) is 10.1 Å². The van der Waals surface area contributed by atoms with Crippen molar-refractivity contribution in [2.45, 2.75) is 19.1 Å². The third-order valence-electron chi connectivity index (χ3n) is 4.96. The predicted molar refractivity (Wildman–Crippen MR) is 105 cm³/mol. The van der Waals surface area contributed by atoms with Crippen LogP contribution in [0.25, 0.3) is 5.57 Å². The van der Waals surface area contributed by atoms with E-state index in [1.165, 1.54) is 37.1 Å². The van der Waals surface area contributed by atoms with Crippen LogP contribution >= 0.6 is 0 Å². The predicted octanol–water partition coefficient (Wildman–Crippen LogP) is 3.55. The molecule has 170 valence electrons. The maximum Gasteiger partial charge on any atom is 0.416 e. The zero-order chi connectivity index (χ0) is 23.8. The van der Waals surface area contributed by atoms with Gasteiger partial charge in [-0.1, -0.05) is 18.2 Å². The normalized spacial score (nSPS) is 16.7. The molecule has 13 heteroatoms. The molecule has 2 heterocycles. The Kier molecular flexibility index (Phi) is 5.92. The second-order valence-electron chi connectivity index (χ2n) is 6.70. The van der Waals surface area contributed by atoms with Gasteiger partial charge in [-0.05, 0) is 18.6 Å². The highest BCUT2D eigenvalue weighted by atomic mass is 19.4. The van der Waals surface area contributed by atoms with Crippen molar-refractivity contribution < 1.29 is 32.4 Å². The first-order valence-corrected chi connectivity index (χ1v) is 9.07. The monoisotopic (exact) mass is 453 g/mol. The number of amides is 2. The number of aromatic nitrogens is 2. The SMILES string of the molecule is COc1nc(C2=C(C)N(C)C(=O)N[C@@H]2c2ccccc2C(F)(F)F)nc(OC)c1[N+](=O)[O-]. The first-order valence-electron chi connectivity index (χ1n) is 9.07. The Balaban J connectivity index is 2.32. The molecule has 0 bridgehead atoms. The minimum Gasteiger partial charge on any atom is -0.476 e. The number of methoxy groups -OCH3 is 2. The summed E-state index contributed by atoms with van der Waals surface area (Å²) in [7, 11) is 3.70. The van der Waals surface area contributed by atoms with Crippen molar-refractivity contribution in [2.24, 2.45) is 0 Å². The molecule has 32 heavy (non-hydrogen) atoms. The number of nitro groups is 1. The number of hydrogen-bond donors (Lipinski definition) is 1. The summed E-state index contributed by atoms with van der Waals surface area (Å²) in [4.78, 5) is 32.3. The van der Waals surface area contributed by atoms with Crippen molar-refractivity contribution in [3.8, 4) is 11.8 Å². The lowest BCUT2D eigenvalue weighted by molar-refractivity contribution is -0.387. The van der Waals surface area contributed by atoms with Crippen LogP contribution in [-0.2, 0) is 6.18 Å². The smallest absolute Gasteiger partial charge is 0.416 e. The lowest BCUT2D eigenvalue weighted by atomic mass is 9.90. The summed E-state index contributed by atoms with van der Waals surface area (Å²) in [6.07, 6.45) is -4.70. The van der Waals surface area contributed by atoms with E-state index in [9.17, 15) is 28.1 Å². The zero-order valence-corrected chi connectivity index (χ0v) is 17.4. The summed E-state index contributed by atoms with van der Waals surface area (Å²) in [5, 5.41) is 13.9. The van der Waals surface area contributed by atoms with Gasteiger partial charge in [-0.15, -0.1) is 0 Å². The maximum atomic E-state index is 13.7. The van der Waals surface area contributed by atoms with Gasteiger partial charge in [0.25, 0.3) is 0 Å². The van der Waals surface area contributed by atoms with Gasteiger partial charge in [0.15, 0.2) is 5.82 Å². The number of benzene rings is 1. The first kappa shape index (κ1) is 22.8. The number of allylic oxidation sites excluding steroid dienone is 1. The number of hydrogen-bond acceptors (Lipinski definition) is 7. The van der Waals surface area contributed by atoms with Gasteiger partial charge in [0.05, 0.1) is 30.7 Å². The highest BCUT2D eigenvalue weighted by Crippen LogP contribution is 2.43. The van der Waals surface area contributed by atoms with Crippen LogP contribution in [0.3, 0.4) is 0 Å². The molecule has 1 aromatic heterocycles. The van der Waals surface area contributed by atoms with Crippen molar-refractivity contribution in [3.05, 3.63) is 57.0 Å². The molecule has 0 saturated carbocycles. The summed E-state index contributed by atoms with van der Waals surface area (Å²) in [6, 6.07) is 2.81. The highest BCUT2D eigenvalue weighted by Gasteiger charge is 2.41. The number of halogens is 3. The lowest BCUT2D eigenvalue weighted by Crippen LogP contribution is -2.44. The standard InChI is InChI=1S/C19H18F3N5O5/c1-9-12(15-24-16(31-3)14(27(29)30)17(25-15)32-4)13(23-18(28)26(9)2)10-7-5-6-8-11(10)19(20,21)22/h5-8,13H,1-4H3,(H,23,28)/t13-/m1/s1. The molecule has 0 aliphatic carbocycles. The largest absolute Gasteiger partial charge is 0.476 e. The molecule has 10 nitrogen and oxygen atoms in total. The van der Waals surface area contributed by atoms with Crippen LogP contribution in [0.5, 0.6) is 11.8 Å². The van der Waals surface area contributed by atoms with Crippen LogP contribution in [0.4, 0.5) is 23.7 Å². The van der Waals surface area contributed by atoms with E-state index in [4.69, 9.17) is 9.47 Å². The van der Waals surface area contributed by atoms with Gasteiger partial charge in [0.1, 0.15) is 0 Å². The molecule has 0 unspecified atom stereocenters. The van der Waals surface area contributed by atoms with Gasteiger partial charge in [-0.2, -0.15) is 23.1 Å². The fourth-order valence-electron chi connectivity index (χ4n) is 3.34. The minimum atomic E-state index is -4.70. The number of ether oxygens (including phenoxy) is 2. The first-order chi connectivity index (χ1) is 15.0. The summed E-state index contributed by atoms with van der Waals surface area (Å²) in [6.45, 7) is 1.50. The third kappa shape index (κ3) is 3.88. The quantitative estimate of drug-likeness (QED) is 0.543. The number of rotatable bonds is 5. The molecule has 1 atom stereocenters. The van der Waals surface area contributed by atoms with Crippen LogP contribution in [0.1, 0.15) is 29.9 Å². The maximum absolute atomic E-state index is 13.7. The minimum absolute atomic E-state index is 0.0929. The molecule has 1 aliphatic heterocycles. The number of nitrogens with zero attached hydrogens (tertiary/aromatic N) is 4. The molecule has 1 aromatic carbocycles. The van der Waals surface area contributed by atoms with E-state index in [1.807, 2.05) is 0 Å². The van der Waals surface area contributed by atoms with Gasteiger partial charge >= 0.3 is 29.7 Å². The topological polar surface area (TPSA) is 120 Å². The van der Waals surface area contributed by atoms with E-state index in [0.717, 1.165) is 20.3 Å². The van der Waals surface area contributed by atoms with E-state index >= 15 is 0 Å². The van der Waals surface area contributed by atoms with Crippen molar-refractivity contribution >= 4 is 17.3 Å². The Morgan fingerprint density at radius 2 is 1.72 bits per heavy atom. The molecule has 0 spiro atoms. The lowest BCUT2D eigenvalue weighted by Gasteiger charge is -2.34. The molecular formula is C19H18F3N5O5. The van der Waals surface area contributed by atoms with Gasteiger partial charge in [-0.25, -0.2) is 4.79 Å². The Labute approximate surface area is 179 Å². The number of carbonyl (C=O) groups excluding carboxylic acids is 1. The average molecular weight is 453 g/mol. The van der Waals surface area contributed by atoms with Crippen molar-refractivity contribution in [1.82, 2.24) is 20.2 Å². The number of alkyl halides is 3. The fourth-order valence-corrected chi connectivity index (χ4v) is 3.34. The zero-order valence-electron chi connectivity index (χ0n) is 17.4. The van der Waals surface area contributed by atoms with E-state index in [-0.39, 0.29) is 22.7 Å². The molecule has 0 radical (unpaired) electrons. The molecule has 1 aliphatic rings. The number of carbonyl (C=O) groups is 1. The van der Waals surface area contributed by atoms with E-state index in [0.29, 0.717) is 0 Å². The Morgan fingerprint density at radius 3 is 2.22 bits per heavy atom. The fraction of sp³-hybridized carbons (Fsp3) is 0.316. The third-order valence-corrected chi connectivity index (χ3v) is 4.96. The number of urea groups is 1. The summed E-state index contributed by atoms with van der Waals surface area (Å²) in [5.74, 6) is -1.09. The van der Waals surface area contributed by atoms with E-state index < -0.39 is 46.2 Å². The van der Waals surface area contributed by atoms with Crippen LogP contribution < -0.4 is 14.8 Å². The van der Waals surface area contributed by atoms with Crippen molar-refractivity contribution in [1.29, 1.82) is 0 Å². The van der Waals surface area contributed by atoms with Crippen LogP contribution in [-0.4, -0.2) is 47.1 Å². The number of nitrogens with one attached hydrogen (secondary N) is 1. The molecule has 3 rings (SSSR count). The Hall–Kier alpha value is -3.90. The van der Waals surface area contributed by atoms with Crippen LogP contribution in [0.2, 0.25) is 0 Å². The second kappa shape index (κ2) is 8.32. The summed E-state index contributed by atoms with van der Waals surface area (Å²) < 4.78 is 51.1. The Morgan fingerprint density at radius 1 is 1.16 bits per heavy atom. The Bertz CT molecular complexity index is 1090.